The predicted molar refractivity (Wildman–Crippen MR) is 75.1 cm³/mol. The first kappa shape index (κ1) is 12.9. The summed E-state index contributed by atoms with van der Waals surface area (Å²) >= 11 is 0. The van der Waals surface area contributed by atoms with Crippen molar-refractivity contribution >= 4 is 12.0 Å². The van der Waals surface area contributed by atoms with Gasteiger partial charge in [0.15, 0.2) is 0 Å². The number of hydrogen-bond donors (Lipinski definition) is 0. The lowest BCUT2D eigenvalue weighted by Gasteiger charge is -2.31. The van der Waals surface area contributed by atoms with Crippen molar-refractivity contribution < 1.29 is 4.79 Å². The summed E-state index contributed by atoms with van der Waals surface area (Å²) in [5, 5.41) is 0. The molecule has 1 amide bonds. The Morgan fingerprint density at radius 3 is 2.72 bits per heavy atom. The molecule has 1 aromatic carbocycles. The first-order valence-corrected chi connectivity index (χ1v) is 6.69. The first-order chi connectivity index (χ1) is 8.66. The van der Waals surface area contributed by atoms with Gasteiger partial charge >= 0.3 is 0 Å². The summed E-state index contributed by atoms with van der Waals surface area (Å²) in [6, 6.07) is 10.0. The van der Waals surface area contributed by atoms with Gasteiger partial charge in [-0.3, -0.25) is 4.79 Å². The number of likely N-dealkylation sites (tertiary alicyclic amines) is 1. The highest BCUT2D eigenvalue weighted by Gasteiger charge is 2.21. The van der Waals surface area contributed by atoms with Crippen molar-refractivity contribution in [1.82, 2.24) is 4.90 Å². The van der Waals surface area contributed by atoms with E-state index < -0.39 is 0 Å². The SMILES string of the molecule is C/C(=C\c1ccccc1)C(=O)N1CCC[C@@H](C)C1. The molecule has 0 spiro atoms. The van der Waals surface area contributed by atoms with Gasteiger partial charge in [0.1, 0.15) is 0 Å². The zero-order chi connectivity index (χ0) is 13.0. The van der Waals surface area contributed by atoms with Crippen LogP contribution in [0.1, 0.15) is 32.3 Å². The van der Waals surface area contributed by atoms with Crippen LogP contribution in [0, 0.1) is 5.92 Å². The molecule has 1 fully saturated rings. The number of carbonyl (C=O) groups is 1. The van der Waals surface area contributed by atoms with Gasteiger partial charge in [-0.25, -0.2) is 0 Å². The molecule has 0 unspecified atom stereocenters. The van der Waals surface area contributed by atoms with Crippen molar-refractivity contribution in [3.05, 3.63) is 41.5 Å². The Balaban J connectivity index is 2.06. The molecule has 1 heterocycles. The Morgan fingerprint density at radius 2 is 2.06 bits per heavy atom. The largest absolute Gasteiger partial charge is 0.339 e. The minimum Gasteiger partial charge on any atom is -0.339 e. The standard InChI is InChI=1S/C16H21NO/c1-13-7-6-10-17(12-13)16(18)14(2)11-15-8-4-3-5-9-15/h3-5,8-9,11,13H,6-7,10,12H2,1-2H3/b14-11+/t13-/m1/s1. The third-order valence-electron chi connectivity index (χ3n) is 3.46. The monoisotopic (exact) mass is 243 g/mol. The molecule has 1 aliphatic rings. The fourth-order valence-corrected chi connectivity index (χ4v) is 2.48. The molecule has 0 N–H and O–H groups in total. The van der Waals surface area contributed by atoms with Crippen LogP contribution in [0.2, 0.25) is 0 Å². The third kappa shape index (κ3) is 3.22. The van der Waals surface area contributed by atoms with Crippen LogP contribution in [-0.2, 0) is 4.79 Å². The second-order valence-corrected chi connectivity index (χ2v) is 5.24. The van der Waals surface area contributed by atoms with Crippen molar-refractivity contribution in [2.45, 2.75) is 26.7 Å². The smallest absolute Gasteiger partial charge is 0.249 e. The summed E-state index contributed by atoms with van der Waals surface area (Å²) in [4.78, 5) is 14.3. The van der Waals surface area contributed by atoms with E-state index in [1.165, 1.54) is 6.42 Å². The van der Waals surface area contributed by atoms with Crippen LogP contribution in [0.5, 0.6) is 0 Å². The van der Waals surface area contributed by atoms with Crippen LogP contribution in [0.25, 0.3) is 6.08 Å². The van der Waals surface area contributed by atoms with E-state index in [0.29, 0.717) is 5.92 Å². The molecular weight excluding hydrogens is 222 g/mol. The van der Waals surface area contributed by atoms with Gasteiger partial charge in [-0.1, -0.05) is 37.3 Å². The van der Waals surface area contributed by atoms with E-state index in [4.69, 9.17) is 0 Å². The Hall–Kier alpha value is -1.57. The topological polar surface area (TPSA) is 20.3 Å². The molecule has 0 bridgehead atoms. The van der Waals surface area contributed by atoms with Gasteiger partial charge in [-0.2, -0.15) is 0 Å². The van der Waals surface area contributed by atoms with Crippen LogP contribution >= 0.6 is 0 Å². The molecule has 0 radical (unpaired) electrons. The maximum Gasteiger partial charge on any atom is 0.249 e. The number of amides is 1. The third-order valence-corrected chi connectivity index (χ3v) is 3.46. The predicted octanol–water partition coefficient (Wildman–Crippen LogP) is 3.35. The molecule has 1 aliphatic heterocycles. The van der Waals surface area contributed by atoms with Crippen LogP contribution in [0.4, 0.5) is 0 Å². The Bertz CT molecular complexity index is 436. The number of carbonyl (C=O) groups excluding carboxylic acids is 1. The van der Waals surface area contributed by atoms with E-state index >= 15 is 0 Å². The van der Waals surface area contributed by atoms with E-state index in [-0.39, 0.29) is 5.91 Å². The van der Waals surface area contributed by atoms with Crippen molar-refractivity contribution in [2.24, 2.45) is 5.92 Å². The molecule has 2 rings (SSSR count). The Morgan fingerprint density at radius 1 is 1.33 bits per heavy atom. The number of benzene rings is 1. The fraction of sp³-hybridized carbons (Fsp3) is 0.438. The minimum atomic E-state index is 0.186. The summed E-state index contributed by atoms with van der Waals surface area (Å²) in [7, 11) is 0. The summed E-state index contributed by atoms with van der Waals surface area (Å²) in [5.41, 5.74) is 1.92. The molecule has 2 nitrogen and oxygen atoms in total. The summed E-state index contributed by atoms with van der Waals surface area (Å²) < 4.78 is 0. The number of piperidine rings is 1. The van der Waals surface area contributed by atoms with Crippen LogP contribution in [0.15, 0.2) is 35.9 Å². The van der Waals surface area contributed by atoms with Crippen LogP contribution in [0.3, 0.4) is 0 Å². The Labute approximate surface area is 109 Å². The lowest BCUT2D eigenvalue weighted by Crippen LogP contribution is -2.39. The lowest BCUT2D eigenvalue weighted by atomic mass is 9.99. The van der Waals surface area contributed by atoms with Crippen LogP contribution < -0.4 is 0 Å². The summed E-state index contributed by atoms with van der Waals surface area (Å²) in [6.07, 6.45) is 4.35. The second-order valence-electron chi connectivity index (χ2n) is 5.24. The highest BCUT2D eigenvalue weighted by atomic mass is 16.2. The molecule has 1 saturated heterocycles. The molecule has 18 heavy (non-hydrogen) atoms. The van der Waals surface area contributed by atoms with E-state index in [9.17, 15) is 4.79 Å². The van der Waals surface area contributed by atoms with Gasteiger partial charge in [-0.05, 0) is 37.3 Å². The molecule has 1 aromatic rings. The van der Waals surface area contributed by atoms with Gasteiger partial charge in [0.25, 0.3) is 0 Å². The normalized spacial score (nSPS) is 20.9. The lowest BCUT2D eigenvalue weighted by molar-refractivity contribution is -0.128. The summed E-state index contributed by atoms with van der Waals surface area (Å²) in [6.45, 7) is 5.94. The molecule has 0 aromatic heterocycles. The maximum absolute atomic E-state index is 12.3. The van der Waals surface area contributed by atoms with E-state index in [1.54, 1.807) is 0 Å². The van der Waals surface area contributed by atoms with Crippen molar-refractivity contribution in [3.63, 3.8) is 0 Å². The summed E-state index contributed by atoms with van der Waals surface area (Å²) in [5.74, 6) is 0.817. The quantitative estimate of drug-likeness (QED) is 0.729. The number of hydrogen-bond acceptors (Lipinski definition) is 1. The zero-order valence-corrected chi connectivity index (χ0v) is 11.2. The van der Waals surface area contributed by atoms with Crippen molar-refractivity contribution in [2.75, 3.05) is 13.1 Å². The zero-order valence-electron chi connectivity index (χ0n) is 11.2. The average molecular weight is 243 g/mol. The highest BCUT2D eigenvalue weighted by Crippen LogP contribution is 2.18. The minimum absolute atomic E-state index is 0.186. The molecule has 1 atom stereocenters. The van der Waals surface area contributed by atoms with Gasteiger partial charge in [-0.15, -0.1) is 0 Å². The van der Waals surface area contributed by atoms with Crippen molar-refractivity contribution in [1.29, 1.82) is 0 Å². The molecule has 0 aliphatic carbocycles. The van der Waals surface area contributed by atoms with Gasteiger partial charge in [0.05, 0.1) is 0 Å². The van der Waals surface area contributed by atoms with Gasteiger partial charge in [0, 0.05) is 18.7 Å². The Kier molecular flexibility index (Phi) is 4.19. The van der Waals surface area contributed by atoms with Crippen LogP contribution in [-0.4, -0.2) is 23.9 Å². The number of nitrogens with zero attached hydrogens (tertiary/aromatic N) is 1. The molecule has 2 heteroatoms. The fourth-order valence-electron chi connectivity index (χ4n) is 2.48. The van der Waals surface area contributed by atoms with Gasteiger partial charge in [0.2, 0.25) is 5.91 Å². The van der Waals surface area contributed by atoms with Gasteiger partial charge < -0.3 is 4.90 Å². The molecule has 96 valence electrons. The first-order valence-electron chi connectivity index (χ1n) is 6.69. The van der Waals surface area contributed by atoms with E-state index in [0.717, 1.165) is 30.6 Å². The van der Waals surface area contributed by atoms with Crippen molar-refractivity contribution in [3.8, 4) is 0 Å². The maximum atomic E-state index is 12.3. The number of rotatable bonds is 2. The average Bonchev–Trinajstić information content (AvgIpc) is 2.39. The molecular formula is C16H21NO. The molecule has 0 saturated carbocycles. The second kappa shape index (κ2) is 5.85. The van der Waals surface area contributed by atoms with E-state index in [2.05, 4.69) is 6.92 Å². The highest BCUT2D eigenvalue weighted by molar-refractivity contribution is 5.97. The van der Waals surface area contributed by atoms with E-state index in [1.807, 2.05) is 48.2 Å².